The molecule has 0 saturated carbocycles. The van der Waals surface area contributed by atoms with Gasteiger partial charge >= 0.3 is 0 Å². The first-order valence-electron chi connectivity index (χ1n) is 10.2. The number of halogens is 1. The Bertz CT molecular complexity index is 1040. The van der Waals surface area contributed by atoms with Gasteiger partial charge in [-0.1, -0.05) is 23.7 Å². The third kappa shape index (κ3) is 7.27. The number of carbonyl (C=O) groups is 2. The molecule has 2 heterocycles. The summed E-state index contributed by atoms with van der Waals surface area (Å²) < 4.78 is 22.6. The first kappa shape index (κ1) is 24.1. The van der Waals surface area contributed by atoms with E-state index in [1.165, 1.54) is 18.3 Å². The van der Waals surface area contributed by atoms with Crippen molar-refractivity contribution in [2.75, 3.05) is 31.5 Å². The van der Waals surface area contributed by atoms with Crippen LogP contribution < -0.4 is 15.8 Å². The van der Waals surface area contributed by atoms with Gasteiger partial charge in [0, 0.05) is 19.3 Å². The number of nitrogens with zero attached hydrogens (tertiary/aromatic N) is 2. The summed E-state index contributed by atoms with van der Waals surface area (Å²) in [6, 6.07) is 9.56. The van der Waals surface area contributed by atoms with Crippen LogP contribution in [0.4, 0.5) is 5.82 Å². The Labute approximate surface area is 192 Å². The van der Waals surface area contributed by atoms with E-state index in [1.807, 2.05) is 4.90 Å². The summed E-state index contributed by atoms with van der Waals surface area (Å²) in [5, 5.41) is 11.2. The number of nitrogens with one attached hydrogen (secondary N) is 2. The van der Waals surface area contributed by atoms with Crippen LogP contribution in [-0.4, -0.2) is 56.3 Å². The normalized spacial score (nSPS) is 17.0. The summed E-state index contributed by atoms with van der Waals surface area (Å²) in [5.74, 6) is -0.00261. The zero-order chi connectivity index (χ0) is 23.1. The van der Waals surface area contributed by atoms with E-state index in [9.17, 15) is 18.0 Å². The minimum atomic E-state index is -3.71. The molecular formula is C21H26ClN5O4S. The fourth-order valence-corrected chi connectivity index (χ4v) is 4.17. The summed E-state index contributed by atoms with van der Waals surface area (Å²) >= 11 is 5.81. The first-order valence-corrected chi connectivity index (χ1v) is 12.2. The predicted molar refractivity (Wildman–Crippen MR) is 122 cm³/mol. The fraction of sp³-hybridized carbons (Fsp3) is 0.381. The van der Waals surface area contributed by atoms with Gasteiger partial charge in [0.1, 0.15) is 5.82 Å². The lowest BCUT2D eigenvalue weighted by Gasteiger charge is -2.31. The number of hydrogen-bond acceptors (Lipinski definition) is 6. The molecule has 1 fully saturated rings. The molecule has 0 bridgehead atoms. The standard InChI is InChI=1S/C21H26ClN5O4S/c22-17-5-8-19(25-12-17)26-21(29)16-2-1-11-27(13-16)14-20(28)24-10-9-15-3-6-18(7-4-15)32(23,30)31/h3-8,12,16H,1-2,9-11,13-14H2,(H,24,28)(H2,23,30,31)(H,25,26,29). The van der Waals surface area contributed by atoms with E-state index in [2.05, 4.69) is 15.6 Å². The van der Waals surface area contributed by atoms with E-state index in [0.29, 0.717) is 30.4 Å². The van der Waals surface area contributed by atoms with Crippen molar-refractivity contribution in [2.45, 2.75) is 24.2 Å². The number of amides is 2. The number of sulfonamides is 1. The van der Waals surface area contributed by atoms with Gasteiger partial charge in [0.2, 0.25) is 21.8 Å². The molecule has 1 aromatic carbocycles. The number of nitrogens with two attached hydrogens (primary N) is 1. The minimum absolute atomic E-state index is 0.0563. The van der Waals surface area contributed by atoms with Crippen LogP contribution in [0.25, 0.3) is 0 Å². The second-order valence-electron chi connectivity index (χ2n) is 7.71. The predicted octanol–water partition coefficient (Wildman–Crippen LogP) is 1.39. The molecule has 1 aromatic heterocycles. The van der Waals surface area contributed by atoms with Crippen LogP contribution in [0.5, 0.6) is 0 Å². The highest BCUT2D eigenvalue weighted by molar-refractivity contribution is 7.89. The quantitative estimate of drug-likeness (QED) is 0.523. The third-order valence-corrected chi connectivity index (χ3v) is 6.36. The smallest absolute Gasteiger partial charge is 0.238 e. The maximum absolute atomic E-state index is 12.5. The van der Waals surface area contributed by atoms with E-state index < -0.39 is 10.0 Å². The molecule has 2 aromatic rings. The molecule has 1 aliphatic heterocycles. The van der Waals surface area contributed by atoms with E-state index in [1.54, 1.807) is 24.3 Å². The number of pyridine rings is 1. The van der Waals surface area contributed by atoms with Gasteiger partial charge < -0.3 is 10.6 Å². The van der Waals surface area contributed by atoms with Gasteiger partial charge in [-0.05, 0) is 55.6 Å². The van der Waals surface area contributed by atoms with Gasteiger partial charge in [-0.2, -0.15) is 0 Å². The fourth-order valence-electron chi connectivity index (χ4n) is 3.54. The molecule has 172 valence electrons. The number of likely N-dealkylation sites (tertiary alicyclic amines) is 1. The molecular weight excluding hydrogens is 454 g/mol. The van der Waals surface area contributed by atoms with Crippen LogP contribution in [0.15, 0.2) is 47.5 Å². The van der Waals surface area contributed by atoms with Gasteiger partial charge in [0.05, 0.1) is 22.4 Å². The van der Waals surface area contributed by atoms with E-state index in [-0.39, 0.29) is 29.2 Å². The second-order valence-corrected chi connectivity index (χ2v) is 9.71. The molecule has 1 aliphatic rings. The lowest BCUT2D eigenvalue weighted by molar-refractivity contribution is -0.125. The second kappa shape index (κ2) is 10.9. The topological polar surface area (TPSA) is 134 Å². The Morgan fingerprint density at radius 1 is 1.19 bits per heavy atom. The number of rotatable bonds is 8. The van der Waals surface area contributed by atoms with Crippen LogP contribution in [0, 0.1) is 5.92 Å². The number of carbonyl (C=O) groups excluding carboxylic acids is 2. The Morgan fingerprint density at radius 2 is 1.94 bits per heavy atom. The van der Waals surface area contributed by atoms with E-state index >= 15 is 0 Å². The van der Waals surface area contributed by atoms with Crippen LogP contribution in [0.1, 0.15) is 18.4 Å². The maximum atomic E-state index is 12.5. The molecule has 0 aliphatic carbocycles. The SMILES string of the molecule is NS(=O)(=O)c1ccc(CCNC(=O)CN2CCCC(C(=O)Nc3ccc(Cl)cn3)C2)cc1. The Morgan fingerprint density at radius 3 is 2.59 bits per heavy atom. The molecule has 1 saturated heterocycles. The molecule has 4 N–H and O–H groups in total. The van der Waals surface area contributed by atoms with Crippen molar-refractivity contribution in [2.24, 2.45) is 11.1 Å². The van der Waals surface area contributed by atoms with Crippen molar-refractivity contribution in [1.29, 1.82) is 0 Å². The average Bonchev–Trinajstić information content (AvgIpc) is 2.75. The molecule has 11 heteroatoms. The van der Waals surface area contributed by atoms with Gasteiger partial charge in [0.25, 0.3) is 0 Å². The minimum Gasteiger partial charge on any atom is -0.355 e. The average molecular weight is 480 g/mol. The monoisotopic (exact) mass is 479 g/mol. The number of aromatic nitrogens is 1. The molecule has 1 unspecified atom stereocenters. The largest absolute Gasteiger partial charge is 0.355 e. The number of hydrogen-bond donors (Lipinski definition) is 3. The molecule has 3 rings (SSSR count). The van der Waals surface area contributed by atoms with E-state index in [4.69, 9.17) is 16.7 Å². The lowest BCUT2D eigenvalue weighted by atomic mass is 9.97. The van der Waals surface area contributed by atoms with Crippen molar-refractivity contribution < 1.29 is 18.0 Å². The Hall–Kier alpha value is -2.53. The molecule has 1 atom stereocenters. The summed E-state index contributed by atoms with van der Waals surface area (Å²) in [6.07, 6.45) is 3.63. The van der Waals surface area contributed by atoms with Crippen LogP contribution in [0.3, 0.4) is 0 Å². The van der Waals surface area contributed by atoms with Gasteiger partial charge in [-0.3, -0.25) is 14.5 Å². The maximum Gasteiger partial charge on any atom is 0.238 e. The zero-order valence-corrected chi connectivity index (χ0v) is 19.0. The lowest BCUT2D eigenvalue weighted by Crippen LogP contribution is -2.45. The van der Waals surface area contributed by atoms with Crippen molar-refractivity contribution in [1.82, 2.24) is 15.2 Å². The summed E-state index contributed by atoms with van der Waals surface area (Å²) in [6.45, 7) is 1.90. The van der Waals surface area contributed by atoms with Crippen LogP contribution in [-0.2, 0) is 26.0 Å². The van der Waals surface area contributed by atoms with Crippen molar-refractivity contribution in [3.8, 4) is 0 Å². The van der Waals surface area contributed by atoms with Crippen molar-refractivity contribution in [3.05, 3.63) is 53.2 Å². The molecule has 0 spiro atoms. The van der Waals surface area contributed by atoms with Gasteiger partial charge in [-0.15, -0.1) is 0 Å². The molecule has 9 nitrogen and oxygen atoms in total. The highest BCUT2D eigenvalue weighted by Gasteiger charge is 2.27. The number of piperidine rings is 1. The summed E-state index contributed by atoms with van der Waals surface area (Å²) in [7, 11) is -3.71. The number of anilines is 1. The number of primary sulfonamides is 1. The highest BCUT2D eigenvalue weighted by atomic mass is 35.5. The highest BCUT2D eigenvalue weighted by Crippen LogP contribution is 2.18. The van der Waals surface area contributed by atoms with E-state index in [0.717, 1.165) is 24.9 Å². The zero-order valence-electron chi connectivity index (χ0n) is 17.5. The van der Waals surface area contributed by atoms with Gasteiger partial charge in [0.15, 0.2) is 0 Å². The first-order chi connectivity index (χ1) is 15.2. The van der Waals surface area contributed by atoms with Gasteiger partial charge in [-0.25, -0.2) is 18.5 Å². The summed E-state index contributed by atoms with van der Waals surface area (Å²) in [5.41, 5.74) is 0.892. The van der Waals surface area contributed by atoms with Crippen molar-refractivity contribution in [3.63, 3.8) is 0 Å². The molecule has 0 radical (unpaired) electrons. The van der Waals surface area contributed by atoms with Crippen LogP contribution in [0.2, 0.25) is 5.02 Å². The Kier molecular flexibility index (Phi) is 8.19. The number of benzene rings is 1. The molecule has 32 heavy (non-hydrogen) atoms. The van der Waals surface area contributed by atoms with Crippen molar-refractivity contribution >= 4 is 39.3 Å². The third-order valence-electron chi connectivity index (χ3n) is 5.21. The molecule has 2 amide bonds. The summed E-state index contributed by atoms with van der Waals surface area (Å²) in [4.78, 5) is 31.0. The van der Waals surface area contributed by atoms with Crippen LogP contribution >= 0.6 is 11.6 Å². The Balaban J connectivity index is 1.41.